The third-order valence-electron chi connectivity index (χ3n) is 0.968. The summed E-state index contributed by atoms with van der Waals surface area (Å²) in [5.74, 6) is 0. The van der Waals surface area contributed by atoms with E-state index in [0.717, 1.165) is 0 Å². The molecule has 0 heterocycles. The lowest BCUT2D eigenvalue weighted by Gasteiger charge is -1.98. The monoisotopic (exact) mass is 266 g/mol. The summed E-state index contributed by atoms with van der Waals surface area (Å²) in [5.41, 5.74) is 0. The summed E-state index contributed by atoms with van der Waals surface area (Å²) in [4.78, 5) is 26.0. The van der Waals surface area contributed by atoms with E-state index in [1.807, 2.05) is 6.07 Å². The average molecular weight is 266 g/mol. The maximum absolute atomic E-state index is 9.69. The predicted octanol–water partition coefficient (Wildman–Crippen LogP) is -0.791. The molecule has 10 heteroatoms. The molecule has 0 aromatic carbocycles. The highest BCUT2D eigenvalue weighted by atomic mass is 31.2. The van der Waals surface area contributed by atoms with Crippen molar-refractivity contribution in [2.24, 2.45) is 0 Å². The van der Waals surface area contributed by atoms with E-state index in [-0.39, 0.29) is 13.0 Å². The molecule has 0 spiro atoms. The van der Waals surface area contributed by atoms with Gasteiger partial charge in [0.1, 0.15) is 0 Å². The van der Waals surface area contributed by atoms with Crippen molar-refractivity contribution in [2.75, 3.05) is 13.1 Å². The molecule has 1 unspecified atom stereocenters. The molecule has 0 radical (unpaired) electrons. The Morgan fingerprint density at radius 3 is 2.12 bits per heavy atom. The molecule has 8 nitrogen and oxygen atoms in total. The minimum Gasteiger partial charge on any atom is -0.578 e. The standard InChI is InChI=1S/C3H7N2O2P.C3H5N2O2P/c2*4-2-1-3-5-8(6)7/h5-7H,1,3H2;1,3H2,(H,5,6,7). The summed E-state index contributed by atoms with van der Waals surface area (Å²) in [5, 5.41) is 20.2. The number of nitrogens with zero attached hydrogens (tertiary/aromatic N) is 2. The van der Waals surface area contributed by atoms with E-state index in [1.54, 1.807) is 6.07 Å². The van der Waals surface area contributed by atoms with Crippen molar-refractivity contribution in [1.29, 1.82) is 10.5 Å². The molecule has 1 atom stereocenters. The van der Waals surface area contributed by atoms with E-state index in [4.69, 9.17) is 20.3 Å². The lowest BCUT2D eigenvalue weighted by molar-refractivity contribution is -0.167. The van der Waals surface area contributed by atoms with Gasteiger partial charge in [0.25, 0.3) is 0 Å². The van der Waals surface area contributed by atoms with Crippen LogP contribution in [0.2, 0.25) is 0 Å². The minimum atomic E-state index is -2.51. The number of hydrogen-bond donors (Lipinski definition) is 4. The van der Waals surface area contributed by atoms with Gasteiger partial charge in [-0.05, 0) is 0 Å². The van der Waals surface area contributed by atoms with Gasteiger partial charge < -0.3 is 14.7 Å². The molecule has 0 saturated heterocycles. The van der Waals surface area contributed by atoms with E-state index >= 15 is 0 Å². The zero-order valence-electron chi connectivity index (χ0n) is 8.33. The molecule has 16 heavy (non-hydrogen) atoms. The Kier molecular flexibility index (Phi) is 15.8. The van der Waals surface area contributed by atoms with E-state index < -0.39 is 16.7 Å². The Morgan fingerprint density at radius 1 is 1.25 bits per heavy atom. The molecule has 4 N–H and O–H groups in total. The van der Waals surface area contributed by atoms with Gasteiger partial charge >= 0.3 is 8.18 Å². The van der Waals surface area contributed by atoms with Gasteiger partial charge in [0.2, 0.25) is 8.53 Å². The molecule has 0 bridgehead atoms. The SMILES string of the molecule is N#CCCNP(O)O.N#CCCN[P+](=O)[O-]. The van der Waals surface area contributed by atoms with Crippen molar-refractivity contribution < 1.29 is 19.2 Å². The van der Waals surface area contributed by atoms with Crippen LogP contribution in [0.5, 0.6) is 0 Å². The third-order valence-corrected chi connectivity index (χ3v) is 1.96. The highest BCUT2D eigenvalue weighted by Gasteiger charge is 1.94. The number of hydrogen-bond acceptors (Lipinski definition) is 7. The van der Waals surface area contributed by atoms with Crippen LogP contribution in [-0.2, 0) is 4.57 Å². The van der Waals surface area contributed by atoms with E-state index in [2.05, 4.69) is 10.2 Å². The summed E-state index contributed by atoms with van der Waals surface area (Å²) < 4.78 is 9.69. The van der Waals surface area contributed by atoms with Crippen LogP contribution in [-0.4, -0.2) is 22.9 Å². The zero-order valence-corrected chi connectivity index (χ0v) is 10.1. The van der Waals surface area contributed by atoms with Crippen molar-refractivity contribution in [1.82, 2.24) is 10.2 Å². The molecule has 90 valence electrons. The van der Waals surface area contributed by atoms with Gasteiger partial charge in [0, 0.05) is 13.0 Å². The van der Waals surface area contributed by atoms with Gasteiger partial charge in [-0.15, -0.1) is 5.09 Å². The topological polar surface area (TPSA) is 152 Å². The third kappa shape index (κ3) is 23.3. The Labute approximate surface area is 95.4 Å². The minimum absolute atomic E-state index is 0.217. The molecular formula is C6H12N4O4P2. The first-order chi connectivity index (χ1) is 7.54. The highest BCUT2D eigenvalue weighted by molar-refractivity contribution is 7.42. The smallest absolute Gasteiger partial charge is 0.408 e. The maximum Gasteiger partial charge on any atom is 0.408 e. The molecule has 0 amide bonds. The molecule has 0 fully saturated rings. The summed E-state index contributed by atoms with van der Waals surface area (Å²) >= 11 is 0. The fourth-order valence-corrected chi connectivity index (χ4v) is 1.02. The van der Waals surface area contributed by atoms with Crippen molar-refractivity contribution >= 4 is 16.7 Å². The molecule has 0 rings (SSSR count). The molecule has 0 aliphatic carbocycles. The van der Waals surface area contributed by atoms with Gasteiger partial charge in [0.15, 0.2) is 0 Å². The predicted molar refractivity (Wildman–Crippen MR) is 55.4 cm³/mol. The number of nitriles is 2. The zero-order chi connectivity index (χ0) is 12.8. The quantitative estimate of drug-likeness (QED) is 0.360. The maximum atomic E-state index is 9.69. The van der Waals surface area contributed by atoms with Crippen molar-refractivity contribution in [2.45, 2.75) is 12.8 Å². The van der Waals surface area contributed by atoms with Gasteiger partial charge in [0.05, 0.1) is 25.1 Å². The second kappa shape index (κ2) is 14.3. The highest BCUT2D eigenvalue weighted by Crippen LogP contribution is 2.14. The first kappa shape index (κ1) is 17.7. The Balaban J connectivity index is 0. The van der Waals surface area contributed by atoms with Crippen LogP contribution in [0.1, 0.15) is 12.8 Å². The Hall–Kier alpha value is -0.690. The first-order valence-corrected chi connectivity index (χ1v) is 6.50. The fraction of sp³-hybridized carbons (Fsp3) is 0.667. The summed E-state index contributed by atoms with van der Waals surface area (Å²) in [6.07, 6.45) is 0.531. The van der Waals surface area contributed by atoms with Crippen LogP contribution in [0.3, 0.4) is 0 Å². The Bertz CT molecular complexity index is 262. The largest absolute Gasteiger partial charge is 0.578 e. The van der Waals surface area contributed by atoms with Gasteiger partial charge in [-0.3, -0.25) is 0 Å². The van der Waals surface area contributed by atoms with Gasteiger partial charge in [-0.25, -0.2) is 5.09 Å². The van der Waals surface area contributed by atoms with Crippen LogP contribution >= 0.6 is 16.7 Å². The van der Waals surface area contributed by atoms with Gasteiger partial charge in [-0.2, -0.15) is 10.5 Å². The fourth-order valence-electron chi connectivity index (χ4n) is 0.415. The molecule has 0 saturated carbocycles. The van der Waals surface area contributed by atoms with Crippen molar-refractivity contribution in [3.05, 3.63) is 0 Å². The number of rotatable bonds is 6. The lowest BCUT2D eigenvalue weighted by atomic mass is 10.5. The first-order valence-electron chi connectivity index (χ1n) is 4.07. The summed E-state index contributed by atoms with van der Waals surface area (Å²) in [6.45, 7) is 0.560. The molecule has 0 aromatic rings. The lowest BCUT2D eigenvalue weighted by Crippen LogP contribution is -2.09. The van der Waals surface area contributed by atoms with Crippen LogP contribution in [0, 0.1) is 22.7 Å². The van der Waals surface area contributed by atoms with Gasteiger partial charge in [-0.1, -0.05) is 4.57 Å². The summed E-state index contributed by atoms with van der Waals surface area (Å²) in [7, 11) is -4.53. The van der Waals surface area contributed by atoms with Crippen LogP contribution in [0.4, 0.5) is 0 Å². The van der Waals surface area contributed by atoms with E-state index in [0.29, 0.717) is 13.0 Å². The Morgan fingerprint density at radius 2 is 1.75 bits per heavy atom. The second-order valence-corrected chi connectivity index (χ2v) is 3.90. The van der Waals surface area contributed by atoms with Crippen LogP contribution in [0.25, 0.3) is 0 Å². The van der Waals surface area contributed by atoms with E-state index in [1.165, 1.54) is 0 Å². The summed E-state index contributed by atoms with van der Waals surface area (Å²) in [6, 6.07) is 3.64. The van der Waals surface area contributed by atoms with Crippen LogP contribution in [0.15, 0.2) is 0 Å². The normalized spacial score (nSPS) is 9.75. The molecule has 0 aliphatic rings. The second-order valence-electron chi connectivity index (χ2n) is 2.18. The van der Waals surface area contributed by atoms with E-state index in [9.17, 15) is 9.46 Å². The van der Waals surface area contributed by atoms with Crippen molar-refractivity contribution in [3.63, 3.8) is 0 Å². The molecular weight excluding hydrogens is 254 g/mol. The van der Waals surface area contributed by atoms with Crippen LogP contribution < -0.4 is 15.1 Å². The van der Waals surface area contributed by atoms with Crippen molar-refractivity contribution in [3.8, 4) is 12.1 Å². The average Bonchev–Trinajstić information content (AvgIpc) is 2.18. The number of nitrogens with one attached hydrogen (secondary N) is 2. The molecule has 0 aliphatic heterocycles. The molecule has 0 aromatic heterocycles.